The van der Waals surface area contributed by atoms with Crippen molar-refractivity contribution in [1.82, 2.24) is 5.32 Å². The van der Waals surface area contributed by atoms with Gasteiger partial charge in [-0.25, -0.2) is 4.79 Å². The number of carbonyl (C=O) groups excluding carboxylic acids is 1. The Bertz CT molecular complexity index is 524. The number of aliphatic carboxylic acids is 1. The third kappa shape index (κ3) is 3.31. The van der Waals surface area contributed by atoms with Crippen molar-refractivity contribution in [2.45, 2.75) is 32.4 Å². The van der Waals surface area contributed by atoms with Crippen molar-refractivity contribution in [2.75, 3.05) is 0 Å². The fourth-order valence-corrected chi connectivity index (χ4v) is 2.54. The molecule has 0 spiro atoms. The number of hydrogen-bond donors (Lipinski definition) is 2. The van der Waals surface area contributed by atoms with Crippen molar-refractivity contribution in [3.63, 3.8) is 0 Å². The smallest absolute Gasteiger partial charge is 0.353 e. The van der Waals surface area contributed by atoms with Crippen LogP contribution in [0.5, 0.6) is 0 Å². The van der Waals surface area contributed by atoms with Crippen molar-refractivity contribution in [3.8, 4) is 0 Å². The summed E-state index contributed by atoms with van der Waals surface area (Å²) in [6.45, 7) is 2.50. The quantitative estimate of drug-likeness (QED) is 0.848. The summed E-state index contributed by atoms with van der Waals surface area (Å²) in [5.74, 6) is -1.49. The van der Waals surface area contributed by atoms with E-state index < -0.39 is 12.1 Å². The first-order chi connectivity index (χ1) is 9.10. The van der Waals surface area contributed by atoms with Crippen LogP contribution in [0.4, 0.5) is 0 Å². The maximum absolute atomic E-state index is 11.8. The fraction of sp³-hybridized carbons (Fsp3) is 0.417. The van der Waals surface area contributed by atoms with E-state index in [0.717, 1.165) is 11.3 Å². The van der Waals surface area contributed by atoms with Gasteiger partial charge in [-0.15, -0.1) is 11.3 Å². The van der Waals surface area contributed by atoms with E-state index in [1.165, 1.54) is 4.88 Å². The lowest BCUT2D eigenvalue weighted by Crippen LogP contribution is -2.34. The summed E-state index contributed by atoms with van der Waals surface area (Å²) >= 11 is 1.64. The van der Waals surface area contributed by atoms with Crippen LogP contribution in [-0.4, -0.2) is 28.8 Å². The molecule has 1 unspecified atom stereocenters. The lowest BCUT2D eigenvalue weighted by molar-refractivity contribution is -0.131. The Labute approximate surface area is 114 Å². The summed E-state index contributed by atoms with van der Waals surface area (Å²) in [5, 5.41) is 14.8. The van der Waals surface area contributed by atoms with Gasteiger partial charge in [0.15, 0.2) is 5.71 Å². The lowest BCUT2D eigenvalue weighted by Gasteiger charge is -2.08. The molecule has 0 saturated heterocycles. The van der Waals surface area contributed by atoms with E-state index in [1.807, 2.05) is 12.1 Å². The van der Waals surface area contributed by atoms with Crippen LogP contribution in [-0.2, 0) is 27.4 Å². The predicted octanol–water partition coefficient (Wildman–Crippen LogP) is 1.16. The van der Waals surface area contributed by atoms with E-state index >= 15 is 0 Å². The molecule has 0 aliphatic carbocycles. The number of amides is 1. The number of thiophene rings is 1. The average Bonchev–Trinajstić information content (AvgIpc) is 3.04. The topological polar surface area (TPSA) is 88.0 Å². The molecule has 2 heterocycles. The van der Waals surface area contributed by atoms with E-state index in [1.54, 1.807) is 11.3 Å². The number of carboxylic acids is 1. The van der Waals surface area contributed by atoms with Crippen LogP contribution < -0.4 is 5.32 Å². The molecule has 0 radical (unpaired) electrons. The largest absolute Gasteiger partial charge is 0.477 e. The van der Waals surface area contributed by atoms with Crippen molar-refractivity contribution in [1.29, 1.82) is 0 Å². The number of rotatable bonds is 5. The molecule has 7 heteroatoms. The molecular formula is C12H14N2O4S. The molecular weight excluding hydrogens is 268 g/mol. The molecule has 0 fully saturated rings. The Morgan fingerprint density at radius 2 is 2.26 bits per heavy atom. The molecule has 2 N–H and O–H groups in total. The van der Waals surface area contributed by atoms with E-state index in [9.17, 15) is 9.59 Å². The Kier molecular flexibility index (Phi) is 4.16. The summed E-state index contributed by atoms with van der Waals surface area (Å²) < 4.78 is 0. The molecule has 1 aliphatic rings. The van der Waals surface area contributed by atoms with E-state index in [0.29, 0.717) is 6.54 Å². The molecule has 6 nitrogen and oxygen atoms in total. The van der Waals surface area contributed by atoms with Crippen LogP contribution in [0.3, 0.4) is 0 Å². The Balaban J connectivity index is 1.81. The highest BCUT2D eigenvalue weighted by atomic mass is 32.1. The molecule has 1 amide bonds. The summed E-state index contributed by atoms with van der Waals surface area (Å²) in [5.41, 5.74) is -0.121. The molecule has 0 saturated carbocycles. The normalized spacial score (nSPS) is 17.7. The Morgan fingerprint density at radius 1 is 1.53 bits per heavy atom. The molecule has 1 atom stereocenters. The fourth-order valence-electron chi connectivity index (χ4n) is 1.64. The minimum Gasteiger partial charge on any atom is -0.477 e. The second-order valence-electron chi connectivity index (χ2n) is 4.08. The Hall–Kier alpha value is -1.89. The highest BCUT2D eigenvalue weighted by molar-refractivity contribution is 7.11. The van der Waals surface area contributed by atoms with E-state index in [4.69, 9.17) is 9.94 Å². The first kappa shape index (κ1) is 13.5. The molecule has 1 aromatic rings. The zero-order valence-electron chi connectivity index (χ0n) is 10.4. The number of aryl methyl sites for hydroxylation is 1. The van der Waals surface area contributed by atoms with Crippen molar-refractivity contribution < 1.29 is 19.5 Å². The highest BCUT2D eigenvalue weighted by Gasteiger charge is 2.31. The molecule has 1 aromatic heterocycles. The zero-order chi connectivity index (χ0) is 13.8. The molecule has 1 aliphatic heterocycles. The zero-order valence-corrected chi connectivity index (χ0v) is 11.2. The lowest BCUT2D eigenvalue weighted by atomic mass is 10.2. The van der Waals surface area contributed by atoms with Gasteiger partial charge in [0.1, 0.15) is 0 Å². The molecule has 102 valence electrons. The monoisotopic (exact) mass is 282 g/mol. The van der Waals surface area contributed by atoms with Crippen molar-refractivity contribution >= 4 is 28.9 Å². The summed E-state index contributed by atoms with van der Waals surface area (Å²) in [6.07, 6.45) is 0.142. The minimum atomic E-state index is -1.15. The first-order valence-corrected chi connectivity index (χ1v) is 6.73. The van der Waals surface area contributed by atoms with E-state index in [-0.39, 0.29) is 18.0 Å². The van der Waals surface area contributed by atoms with Crippen molar-refractivity contribution in [3.05, 3.63) is 21.9 Å². The minimum absolute atomic E-state index is 0.00577. The molecule has 0 bridgehead atoms. The van der Waals surface area contributed by atoms with Gasteiger partial charge >= 0.3 is 5.97 Å². The summed E-state index contributed by atoms with van der Waals surface area (Å²) in [4.78, 5) is 29.5. The molecule has 2 rings (SSSR count). The number of oxime groups is 1. The average molecular weight is 282 g/mol. The second kappa shape index (κ2) is 5.83. The molecule has 0 aromatic carbocycles. The van der Waals surface area contributed by atoms with Gasteiger partial charge in [-0.1, -0.05) is 12.1 Å². The van der Waals surface area contributed by atoms with Gasteiger partial charge in [0.05, 0.1) is 6.54 Å². The number of nitrogens with zero attached hydrogens (tertiary/aromatic N) is 1. The van der Waals surface area contributed by atoms with Crippen LogP contribution in [0.1, 0.15) is 23.1 Å². The predicted molar refractivity (Wildman–Crippen MR) is 70.1 cm³/mol. The Morgan fingerprint density at radius 3 is 2.84 bits per heavy atom. The third-order valence-corrected chi connectivity index (χ3v) is 3.94. The maximum Gasteiger partial charge on any atom is 0.353 e. The van der Waals surface area contributed by atoms with Gasteiger partial charge < -0.3 is 15.3 Å². The van der Waals surface area contributed by atoms with Gasteiger partial charge in [-0.2, -0.15) is 0 Å². The number of carboxylic acid groups (broad SMARTS) is 1. The summed E-state index contributed by atoms with van der Waals surface area (Å²) in [7, 11) is 0. The number of nitrogens with one attached hydrogen (secondary N) is 1. The molecule has 19 heavy (non-hydrogen) atoms. The van der Waals surface area contributed by atoms with Crippen LogP contribution in [0.15, 0.2) is 17.3 Å². The van der Waals surface area contributed by atoms with Gasteiger partial charge in [-0.05, 0) is 18.6 Å². The van der Waals surface area contributed by atoms with Crippen molar-refractivity contribution in [2.24, 2.45) is 5.16 Å². The number of hydrogen-bond acceptors (Lipinski definition) is 5. The van der Waals surface area contributed by atoms with Crippen LogP contribution in [0, 0.1) is 0 Å². The third-order valence-electron chi connectivity index (χ3n) is 2.71. The van der Waals surface area contributed by atoms with Crippen LogP contribution in [0.25, 0.3) is 0 Å². The maximum atomic E-state index is 11.8. The van der Waals surface area contributed by atoms with Gasteiger partial charge in [0.25, 0.3) is 5.91 Å². The second-order valence-corrected chi connectivity index (χ2v) is 5.33. The number of carbonyl (C=O) groups is 2. The van der Waals surface area contributed by atoms with Gasteiger partial charge in [0, 0.05) is 16.2 Å². The highest BCUT2D eigenvalue weighted by Crippen LogP contribution is 2.17. The van der Waals surface area contributed by atoms with Crippen LogP contribution >= 0.6 is 11.3 Å². The van der Waals surface area contributed by atoms with Gasteiger partial charge in [0.2, 0.25) is 6.10 Å². The van der Waals surface area contributed by atoms with E-state index in [2.05, 4.69) is 17.4 Å². The summed E-state index contributed by atoms with van der Waals surface area (Å²) in [6, 6.07) is 4.00. The SMILES string of the molecule is CCc1ccc(CNC(=O)C2CC(C(=O)O)=NO2)s1. The first-order valence-electron chi connectivity index (χ1n) is 5.91. The van der Waals surface area contributed by atoms with Crippen LogP contribution in [0.2, 0.25) is 0 Å². The standard InChI is InChI=1S/C12H14N2O4S/c1-2-7-3-4-8(19-7)6-13-11(15)10-5-9(12(16)17)14-18-10/h3-4,10H,2,5-6H2,1H3,(H,13,15)(H,16,17). The van der Waals surface area contributed by atoms with Gasteiger partial charge in [-0.3, -0.25) is 4.79 Å².